The Hall–Kier alpha value is -4.01. The number of benzene rings is 2. The summed E-state index contributed by atoms with van der Waals surface area (Å²) in [4.78, 5) is 31.1. The first-order valence-corrected chi connectivity index (χ1v) is 8.76. The predicted molar refractivity (Wildman–Crippen MR) is 108 cm³/mol. The number of anilines is 3. The molecule has 29 heavy (non-hydrogen) atoms. The maximum atomic E-state index is 12.1. The molecule has 3 rings (SSSR count). The standard InChI is InChI=1S/C20H19N5O4/c1-13-11-14(2)22-20(21-13)24-16-9-7-15(8-10-16)23-19(26)12-29-18-6-4-3-5-17(18)25(27)28/h3-11H,12H2,1-2H3,(H,23,26)(H,21,22,24). The fraction of sp³-hybridized carbons (Fsp3) is 0.150. The molecule has 1 amide bonds. The van der Waals surface area contributed by atoms with Crippen LogP contribution >= 0.6 is 0 Å². The van der Waals surface area contributed by atoms with Crippen LogP contribution in [0.3, 0.4) is 0 Å². The molecule has 0 bridgehead atoms. The highest BCUT2D eigenvalue weighted by Gasteiger charge is 2.15. The zero-order chi connectivity index (χ0) is 20.8. The van der Waals surface area contributed by atoms with Gasteiger partial charge in [-0.1, -0.05) is 12.1 Å². The smallest absolute Gasteiger partial charge is 0.310 e. The van der Waals surface area contributed by atoms with Crippen LogP contribution in [0.5, 0.6) is 5.75 Å². The first kappa shape index (κ1) is 19.7. The van der Waals surface area contributed by atoms with Gasteiger partial charge in [-0.3, -0.25) is 14.9 Å². The maximum absolute atomic E-state index is 12.1. The number of hydrogen-bond acceptors (Lipinski definition) is 7. The third-order valence-electron chi connectivity index (χ3n) is 3.83. The molecule has 2 N–H and O–H groups in total. The van der Waals surface area contributed by atoms with E-state index in [0.717, 1.165) is 17.1 Å². The molecule has 2 aromatic carbocycles. The van der Waals surface area contributed by atoms with Gasteiger partial charge in [-0.2, -0.15) is 0 Å². The maximum Gasteiger partial charge on any atom is 0.310 e. The minimum absolute atomic E-state index is 0.0423. The molecule has 0 saturated carbocycles. The first-order chi connectivity index (χ1) is 13.9. The second kappa shape index (κ2) is 8.79. The minimum Gasteiger partial charge on any atom is -0.477 e. The SMILES string of the molecule is Cc1cc(C)nc(Nc2ccc(NC(=O)COc3ccccc3[N+](=O)[O-])cc2)n1. The van der Waals surface area contributed by atoms with Crippen LogP contribution in [0.25, 0.3) is 0 Å². The molecule has 0 aliphatic carbocycles. The number of ether oxygens (including phenoxy) is 1. The second-order valence-corrected chi connectivity index (χ2v) is 6.24. The number of rotatable bonds is 7. The Morgan fingerprint density at radius 2 is 1.66 bits per heavy atom. The minimum atomic E-state index is -0.557. The summed E-state index contributed by atoms with van der Waals surface area (Å²) in [5.41, 5.74) is 2.87. The van der Waals surface area contributed by atoms with Gasteiger partial charge >= 0.3 is 5.69 Å². The fourth-order valence-electron chi connectivity index (χ4n) is 2.62. The molecule has 1 heterocycles. The van der Waals surface area contributed by atoms with E-state index in [9.17, 15) is 14.9 Å². The zero-order valence-corrected chi connectivity index (χ0v) is 15.9. The van der Waals surface area contributed by atoms with Crippen molar-refractivity contribution in [2.24, 2.45) is 0 Å². The van der Waals surface area contributed by atoms with Gasteiger partial charge in [0.05, 0.1) is 4.92 Å². The van der Waals surface area contributed by atoms with Crippen molar-refractivity contribution in [1.29, 1.82) is 0 Å². The Morgan fingerprint density at radius 3 is 2.31 bits per heavy atom. The molecule has 0 fully saturated rings. The van der Waals surface area contributed by atoms with E-state index in [1.165, 1.54) is 18.2 Å². The van der Waals surface area contributed by atoms with Crippen molar-refractivity contribution in [2.45, 2.75) is 13.8 Å². The Labute approximate surface area is 166 Å². The zero-order valence-electron chi connectivity index (χ0n) is 15.9. The van der Waals surface area contributed by atoms with E-state index < -0.39 is 10.8 Å². The van der Waals surface area contributed by atoms with Crippen LogP contribution < -0.4 is 15.4 Å². The first-order valence-electron chi connectivity index (χ1n) is 8.76. The molecule has 0 unspecified atom stereocenters. The molecular weight excluding hydrogens is 374 g/mol. The van der Waals surface area contributed by atoms with Gasteiger partial charge in [-0.15, -0.1) is 0 Å². The quantitative estimate of drug-likeness (QED) is 0.463. The van der Waals surface area contributed by atoms with Gasteiger partial charge in [-0.25, -0.2) is 9.97 Å². The summed E-state index contributed by atoms with van der Waals surface area (Å²) < 4.78 is 5.27. The number of nitrogens with zero attached hydrogens (tertiary/aromatic N) is 3. The van der Waals surface area contributed by atoms with Crippen LogP contribution in [-0.4, -0.2) is 27.4 Å². The summed E-state index contributed by atoms with van der Waals surface area (Å²) in [5, 5.41) is 16.8. The van der Waals surface area contributed by atoms with Gasteiger partial charge in [0.25, 0.3) is 5.91 Å². The molecule has 9 nitrogen and oxygen atoms in total. The lowest BCUT2D eigenvalue weighted by Gasteiger charge is -2.09. The normalized spacial score (nSPS) is 10.3. The van der Waals surface area contributed by atoms with Crippen LogP contribution in [0.1, 0.15) is 11.4 Å². The molecule has 0 aliphatic heterocycles. The topological polar surface area (TPSA) is 119 Å². The number of nitro groups is 1. The molecule has 0 spiro atoms. The largest absolute Gasteiger partial charge is 0.477 e. The summed E-state index contributed by atoms with van der Waals surface area (Å²) >= 11 is 0. The van der Waals surface area contributed by atoms with Crippen molar-refractivity contribution in [2.75, 3.05) is 17.2 Å². The van der Waals surface area contributed by atoms with Gasteiger partial charge in [0, 0.05) is 28.8 Å². The number of aryl methyl sites for hydroxylation is 2. The number of hydrogen-bond donors (Lipinski definition) is 2. The van der Waals surface area contributed by atoms with Gasteiger partial charge in [0.15, 0.2) is 12.4 Å². The fourth-order valence-corrected chi connectivity index (χ4v) is 2.62. The molecule has 148 valence electrons. The lowest BCUT2D eigenvalue weighted by molar-refractivity contribution is -0.385. The number of nitrogens with one attached hydrogen (secondary N) is 2. The lowest BCUT2D eigenvalue weighted by atomic mass is 10.2. The lowest BCUT2D eigenvalue weighted by Crippen LogP contribution is -2.20. The van der Waals surface area contributed by atoms with Crippen LogP contribution in [0.15, 0.2) is 54.6 Å². The van der Waals surface area contributed by atoms with Gasteiger partial charge in [0.1, 0.15) is 0 Å². The van der Waals surface area contributed by atoms with E-state index >= 15 is 0 Å². The van der Waals surface area contributed by atoms with Gasteiger partial charge < -0.3 is 15.4 Å². The van der Waals surface area contributed by atoms with Gasteiger partial charge in [0.2, 0.25) is 5.95 Å². The summed E-state index contributed by atoms with van der Waals surface area (Å²) in [6, 6.07) is 14.8. The van der Waals surface area contributed by atoms with Crippen molar-refractivity contribution < 1.29 is 14.5 Å². The average Bonchev–Trinajstić information content (AvgIpc) is 2.67. The molecule has 9 heteroatoms. The van der Waals surface area contributed by atoms with E-state index in [4.69, 9.17) is 4.74 Å². The second-order valence-electron chi connectivity index (χ2n) is 6.24. The third kappa shape index (κ3) is 5.48. The van der Waals surface area contributed by atoms with Crippen molar-refractivity contribution in [3.8, 4) is 5.75 Å². The number of para-hydroxylation sites is 2. The highest BCUT2D eigenvalue weighted by Crippen LogP contribution is 2.25. The van der Waals surface area contributed by atoms with Crippen LogP contribution in [-0.2, 0) is 4.79 Å². The molecule has 0 atom stereocenters. The number of aromatic nitrogens is 2. The van der Waals surface area contributed by atoms with Crippen molar-refractivity contribution in [3.63, 3.8) is 0 Å². The van der Waals surface area contributed by atoms with Crippen LogP contribution in [0.2, 0.25) is 0 Å². The summed E-state index contributed by atoms with van der Waals surface area (Å²) in [6.07, 6.45) is 0. The monoisotopic (exact) mass is 393 g/mol. The van der Waals surface area contributed by atoms with E-state index in [0.29, 0.717) is 11.6 Å². The Bertz CT molecular complexity index is 1020. The van der Waals surface area contributed by atoms with E-state index in [1.807, 2.05) is 19.9 Å². The summed E-state index contributed by atoms with van der Waals surface area (Å²) in [5.74, 6) is 0.110. The molecular formula is C20H19N5O4. The highest BCUT2D eigenvalue weighted by molar-refractivity contribution is 5.92. The number of carbonyl (C=O) groups excluding carboxylic acids is 1. The molecule has 0 aliphatic rings. The molecule has 3 aromatic rings. The Kier molecular flexibility index (Phi) is 5.98. The Morgan fingerprint density at radius 1 is 1.03 bits per heavy atom. The Balaban J connectivity index is 1.57. The van der Waals surface area contributed by atoms with Crippen molar-refractivity contribution in [3.05, 3.63) is 76.1 Å². The summed E-state index contributed by atoms with van der Waals surface area (Å²) in [7, 11) is 0. The number of nitro benzene ring substituents is 1. The molecule has 0 radical (unpaired) electrons. The third-order valence-corrected chi connectivity index (χ3v) is 3.83. The van der Waals surface area contributed by atoms with Crippen molar-refractivity contribution >= 4 is 28.9 Å². The van der Waals surface area contributed by atoms with Crippen LogP contribution in [0, 0.1) is 24.0 Å². The average molecular weight is 393 g/mol. The number of amides is 1. The summed E-state index contributed by atoms with van der Waals surface area (Å²) in [6.45, 7) is 3.44. The number of carbonyl (C=O) groups is 1. The predicted octanol–water partition coefficient (Wildman–Crippen LogP) is 3.76. The van der Waals surface area contributed by atoms with Crippen LogP contribution in [0.4, 0.5) is 23.0 Å². The molecule has 0 saturated heterocycles. The van der Waals surface area contributed by atoms with E-state index in [-0.39, 0.29) is 18.0 Å². The van der Waals surface area contributed by atoms with Gasteiger partial charge in [-0.05, 0) is 50.2 Å². The highest BCUT2D eigenvalue weighted by atomic mass is 16.6. The van der Waals surface area contributed by atoms with E-state index in [1.54, 1.807) is 30.3 Å². The van der Waals surface area contributed by atoms with E-state index in [2.05, 4.69) is 20.6 Å². The van der Waals surface area contributed by atoms with Crippen molar-refractivity contribution in [1.82, 2.24) is 9.97 Å². The molecule has 1 aromatic heterocycles.